The van der Waals surface area contributed by atoms with Crippen LogP contribution in [0.1, 0.15) is 37.8 Å². The Balaban J connectivity index is 1.85. The molecule has 1 aliphatic carbocycles. The summed E-state index contributed by atoms with van der Waals surface area (Å²) in [5.41, 5.74) is 0.0484. The zero-order valence-electron chi connectivity index (χ0n) is 10.1. The van der Waals surface area contributed by atoms with Crippen LogP contribution in [0.3, 0.4) is 0 Å². The van der Waals surface area contributed by atoms with Gasteiger partial charge in [0.2, 0.25) is 0 Å². The van der Waals surface area contributed by atoms with E-state index in [9.17, 15) is 9.90 Å². The molecule has 2 N–H and O–H groups in total. The summed E-state index contributed by atoms with van der Waals surface area (Å²) in [7, 11) is 0. The molecule has 4 nitrogen and oxygen atoms in total. The van der Waals surface area contributed by atoms with Crippen molar-refractivity contribution in [3.63, 3.8) is 0 Å². The highest BCUT2D eigenvalue weighted by molar-refractivity contribution is 8.01. The molecule has 1 saturated carbocycles. The predicted molar refractivity (Wildman–Crippen MR) is 72.2 cm³/mol. The standard InChI is InChI=1S/C12H17NO3S2/c14-10(15)6-9-7-17-11(13-9)18-8-12(16)4-2-1-3-5-12/h7,16H,1-6,8H2,(H,14,15). The summed E-state index contributed by atoms with van der Waals surface area (Å²) in [6.07, 6.45) is 5.12. The molecule has 1 aromatic rings. The fourth-order valence-corrected chi connectivity index (χ4v) is 4.14. The Morgan fingerprint density at radius 3 is 2.83 bits per heavy atom. The molecule has 2 rings (SSSR count). The minimum Gasteiger partial charge on any atom is -0.481 e. The first-order valence-electron chi connectivity index (χ1n) is 6.09. The smallest absolute Gasteiger partial charge is 0.309 e. The van der Waals surface area contributed by atoms with Gasteiger partial charge in [-0.15, -0.1) is 11.3 Å². The molecule has 0 aromatic carbocycles. The highest BCUT2D eigenvalue weighted by Gasteiger charge is 2.29. The van der Waals surface area contributed by atoms with Gasteiger partial charge in [-0.05, 0) is 12.8 Å². The van der Waals surface area contributed by atoms with Crippen LogP contribution in [-0.2, 0) is 11.2 Å². The number of hydrogen-bond acceptors (Lipinski definition) is 5. The van der Waals surface area contributed by atoms with E-state index in [1.807, 2.05) is 0 Å². The maximum absolute atomic E-state index is 10.6. The minimum atomic E-state index is -0.859. The third-order valence-corrected chi connectivity index (χ3v) is 5.46. The maximum Gasteiger partial charge on any atom is 0.309 e. The van der Waals surface area contributed by atoms with Gasteiger partial charge >= 0.3 is 5.97 Å². The van der Waals surface area contributed by atoms with Gasteiger partial charge in [0.25, 0.3) is 0 Å². The third-order valence-electron chi connectivity index (χ3n) is 3.11. The average molecular weight is 287 g/mol. The second-order valence-corrected chi connectivity index (χ2v) is 6.83. The first-order chi connectivity index (χ1) is 8.57. The van der Waals surface area contributed by atoms with Gasteiger partial charge in [0.15, 0.2) is 0 Å². The van der Waals surface area contributed by atoms with Crippen LogP contribution >= 0.6 is 23.1 Å². The van der Waals surface area contributed by atoms with Crippen LogP contribution in [0.5, 0.6) is 0 Å². The van der Waals surface area contributed by atoms with E-state index in [4.69, 9.17) is 5.11 Å². The Kier molecular flexibility index (Phi) is 4.64. The van der Waals surface area contributed by atoms with E-state index >= 15 is 0 Å². The zero-order valence-corrected chi connectivity index (χ0v) is 11.7. The molecule has 0 atom stereocenters. The number of carboxylic acid groups (broad SMARTS) is 1. The fourth-order valence-electron chi connectivity index (χ4n) is 2.14. The van der Waals surface area contributed by atoms with E-state index in [1.54, 1.807) is 5.38 Å². The largest absolute Gasteiger partial charge is 0.481 e. The number of thioether (sulfide) groups is 1. The predicted octanol–water partition coefficient (Wildman–Crippen LogP) is 2.56. The summed E-state index contributed by atoms with van der Waals surface area (Å²) in [6.45, 7) is 0. The molecule has 18 heavy (non-hydrogen) atoms. The van der Waals surface area contributed by atoms with Gasteiger partial charge in [-0.2, -0.15) is 0 Å². The molecule has 1 fully saturated rings. The van der Waals surface area contributed by atoms with E-state index in [0.717, 1.165) is 30.0 Å². The van der Waals surface area contributed by atoms with E-state index < -0.39 is 11.6 Å². The molecular formula is C12H17NO3S2. The normalized spacial score (nSPS) is 18.7. The minimum absolute atomic E-state index is 0.0265. The third kappa shape index (κ3) is 3.96. The summed E-state index contributed by atoms with van der Waals surface area (Å²) in [5.74, 6) is -0.199. The van der Waals surface area contributed by atoms with Gasteiger partial charge in [-0.3, -0.25) is 4.79 Å². The Morgan fingerprint density at radius 2 is 2.17 bits per heavy atom. The SMILES string of the molecule is O=C(O)Cc1csc(SCC2(O)CCCCC2)n1. The van der Waals surface area contributed by atoms with Crippen molar-refractivity contribution in [1.82, 2.24) is 4.98 Å². The Bertz CT molecular complexity index is 413. The number of carboxylic acids is 1. The highest BCUT2D eigenvalue weighted by atomic mass is 32.2. The van der Waals surface area contributed by atoms with E-state index in [1.165, 1.54) is 29.5 Å². The topological polar surface area (TPSA) is 70.4 Å². The second-order valence-electron chi connectivity index (χ2n) is 4.75. The monoisotopic (exact) mass is 287 g/mol. The molecule has 0 radical (unpaired) electrons. The number of nitrogens with zero attached hydrogens (tertiary/aromatic N) is 1. The molecule has 0 amide bonds. The lowest BCUT2D eigenvalue weighted by Crippen LogP contribution is -2.33. The van der Waals surface area contributed by atoms with Crippen LogP contribution < -0.4 is 0 Å². The van der Waals surface area contributed by atoms with Crippen LogP contribution in [0.15, 0.2) is 9.72 Å². The van der Waals surface area contributed by atoms with Crippen molar-refractivity contribution in [2.24, 2.45) is 0 Å². The van der Waals surface area contributed by atoms with Crippen LogP contribution in [0, 0.1) is 0 Å². The van der Waals surface area contributed by atoms with Crippen molar-refractivity contribution in [3.05, 3.63) is 11.1 Å². The molecule has 100 valence electrons. The molecule has 6 heteroatoms. The van der Waals surface area contributed by atoms with E-state index in [-0.39, 0.29) is 6.42 Å². The van der Waals surface area contributed by atoms with E-state index in [0.29, 0.717) is 11.4 Å². The number of hydrogen-bond donors (Lipinski definition) is 2. The molecular weight excluding hydrogens is 270 g/mol. The molecule has 0 unspecified atom stereocenters. The number of aromatic nitrogens is 1. The van der Waals surface area contributed by atoms with Crippen LogP contribution in [0.2, 0.25) is 0 Å². The molecule has 1 heterocycles. The maximum atomic E-state index is 10.6. The first kappa shape index (κ1) is 13.8. The lowest BCUT2D eigenvalue weighted by atomic mass is 9.86. The van der Waals surface area contributed by atoms with Crippen LogP contribution in [-0.4, -0.2) is 32.5 Å². The Labute approximate surface area is 114 Å². The van der Waals surface area contributed by atoms with Gasteiger partial charge in [-0.1, -0.05) is 31.0 Å². The van der Waals surface area contributed by atoms with Gasteiger partial charge in [-0.25, -0.2) is 4.98 Å². The Morgan fingerprint density at radius 1 is 1.44 bits per heavy atom. The van der Waals surface area contributed by atoms with Crippen molar-refractivity contribution >= 4 is 29.1 Å². The summed E-state index contributed by atoms with van der Waals surface area (Å²) in [6, 6.07) is 0. The molecule has 0 saturated heterocycles. The molecule has 1 aliphatic rings. The van der Waals surface area contributed by atoms with Crippen molar-refractivity contribution in [2.45, 2.75) is 48.5 Å². The fraction of sp³-hybridized carbons (Fsp3) is 0.667. The van der Waals surface area contributed by atoms with Gasteiger partial charge in [0.05, 0.1) is 17.7 Å². The Hall–Kier alpha value is -0.590. The van der Waals surface area contributed by atoms with Crippen molar-refractivity contribution < 1.29 is 15.0 Å². The van der Waals surface area contributed by atoms with Crippen molar-refractivity contribution in [1.29, 1.82) is 0 Å². The van der Waals surface area contributed by atoms with Gasteiger partial charge in [0.1, 0.15) is 4.34 Å². The lowest BCUT2D eigenvalue weighted by Gasteiger charge is -2.31. The summed E-state index contributed by atoms with van der Waals surface area (Å²) in [5, 5.41) is 20.8. The van der Waals surface area contributed by atoms with E-state index in [2.05, 4.69) is 4.98 Å². The molecule has 0 spiro atoms. The first-order valence-corrected chi connectivity index (χ1v) is 7.95. The van der Waals surface area contributed by atoms with Crippen molar-refractivity contribution in [2.75, 3.05) is 5.75 Å². The molecule has 0 bridgehead atoms. The van der Waals surface area contributed by atoms with Crippen molar-refractivity contribution in [3.8, 4) is 0 Å². The number of carbonyl (C=O) groups is 1. The average Bonchev–Trinajstić information content (AvgIpc) is 2.74. The lowest BCUT2D eigenvalue weighted by molar-refractivity contribution is -0.136. The summed E-state index contributed by atoms with van der Waals surface area (Å²) < 4.78 is 0.852. The van der Waals surface area contributed by atoms with Crippen LogP contribution in [0.25, 0.3) is 0 Å². The molecule has 0 aliphatic heterocycles. The number of aliphatic hydroxyl groups is 1. The van der Waals surface area contributed by atoms with Crippen LogP contribution in [0.4, 0.5) is 0 Å². The number of rotatable bonds is 5. The number of thiazole rings is 1. The molecule has 1 aromatic heterocycles. The summed E-state index contributed by atoms with van der Waals surface area (Å²) >= 11 is 2.99. The van der Waals surface area contributed by atoms with Gasteiger partial charge in [0, 0.05) is 11.1 Å². The second kappa shape index (κ2) is 6.04. The quantitative estimate of drug-likeness (QED) is 0.814. The summed E-state index contributed by atoms with van der Waals surface area (Å²) in [4.78, 5) is 14.8. The number of aliphatic carboxylic acids is 1. The zero-order chi connectivity index (χ0) is 13.0. The highest BCUT2D eigenvalue weighted by Crippen LogP contribution is 2.34. The van der Waals surface area contributed by atoms with Gasteiger partial charge < -0.3 is 10.2 Å².